The monoisotopic (exact) mass is 1070 g/mol. The van der Waals surface area contributed by atoms with Crippen LogP contribution in [0.4, 0.5) is 5.82 Å². The minimum absolute atomic E-state index is 0.0286. The lowest BCUT2D eigenvalue weighted by molar-refractivity contribution is -0.347. The van der Waals surface area contributed by atoms with Crippen molar-refractivity contribution in [2.24, 2.45) is 39.9 Å². The number of phosphoric acid groups is 3. The molecule has 30 heteroatoms. The van der Waals surface area contributed by atoms with Gasteiger partial charge >= 0.3 is 0 Å². The van der Waals surface area contributed by atoms with Crippen molar-refractivity contribution in [2.75, 3.05) is 37.8 Å². The third-order valence-electron chi connectivity index (χ3n) is 14.5. The number of phosphoric ester groups is 3. The number of rotatable bonds is 22. The number of nitrogens with zero attached hydrogens (tertiary/aromatic N) is 4. The highest BCUT2D eigenvalue weighted by atomic mass is 32.2. The number of aliphatic hydroxyl groups is 2. The van der Waals surface area contributed by atoms with E-state index in [0.717, 1.165) is 61.1 Å². The van der Waals surface area contributed by atoms with Gasteiger partial charge in [-0.3, -0.25) is 37.7 Å². The van der Waals surface area contributed by atoms with E-state index in [1.807, 2.05) is 6.92 Å². The van der Waals surface area contributed by atoms with Crippen molar-refractivity contribution in [3.05, 3.63) is 12.7 Å². The molecule has 2 aromatic rings. The smallest absolute Gasteiger partial charge is 0.274 e. The number of nitrogens with two attached hydrogens (primary N) is 1. The number of ether oxygens (including phenoxy) is 1. The molecule has 2 aromatic heterocycles. The van der Waals surface area contributed by atoms with Crippen LogP contribution in [0.2, 0.25) is 0 Å². The van der Waals surface area contributed by atoms with Crippen molar-refractivity contribution < 1.29 is 90.1 Å². The van der Waals surface area contributed by atoms with Gasteiger partial charge in [0.15, 0.2) is 22.8 Å². The van der Waals surface area contributed by atoms with E-state index >= 15 is 0 Å². The lowest BCUT2D eigenvalue weighted by Crippen LogP contribution is -2.54. The molecule has 3 heterocycles. The van der Waals surface area contributed by atoms with Gasteiger partial charge in [0.1, 0.15) is 47.8 Å². The van der Waals surface area contributed by atoms with E-state index in [1.54, 1.807) is 6.92 Å². The number of carbonyl (C=O) groups excluding carboxylic acids is 5. The quantitative estimate of drug-likeness (QED) is 0.0736. The van der Waals surface area contributed by atoms with E-state index in [-0.39, 0.29) is 88.7 Å². The minimum Gasteiger partial charge on any atom is -0.790 e. The fourth-order valence-electron chi connectivity index (χ4n) is 10.6. The van der Waals surface area contributed by atoms with E-state index < -0.39 is 90.0 Å². The van der Waals surface area contributed by atoms with E-state index in [9.17, 15) is 67.5 Å². The Kier molecular flexibility index (Phi) is 17.5. The van der Waals surface area contributed by atoms with Crippen molar-refractivity contribution in [1.29, 1.82) is 0 Å². The summed E-state index contributed by atoms with van der Waals surface area (Å²) in [6.45, 7) is 5.61. The van der Waals surface area contributed by atoms with Gasteiger partial charge in [0, 0.05) is 54.3 Å². The number of nitrogens with one attached hydrogen (secondary N) is 2. The number of amides is 2. The number of Topliss-reactive ketones (excluding diaryl/α,β-unsaturated/α-hetero) is 2. The molecule has 392 valence electrons. The van der Waals surface area contributed by atoms with Gasteiger partial charge in [0.25, 0.3) is 15.6 Å². The zero-order valence-corrected chi connectivity index (χ0v) is 42.5. The third kappa shape index (κ3) is 12.6. The molecule has 0 radical (unpaired) electrons. The van der Waals surface area contributed by atoms with Gasteiger partial charge in [0.2, 0.25) is 11.8 Å². The van der Waals surface area contributed by atoms with Crippen LogP contribution in [0.15, 0.2) is 12.7 Å². The molecule has 1 saturated heterocycles. The summed E-state index contributed by atoms with van der Waals surface area (Å²) in [5.74, 6) is -0.459. The lowest BCUT2D eigenvalue weighted by Gasteiger charge is -2.56. The topological polar surface area (TPSA) is 409 Å². The van der Waals surface area contributed by atoms with Crippen molar-refractivity contribution >= 4 is 80.7 Å². The molecule has 0 bridgehead atoms. The standard InChI is InChI=1S/C40H62N7O19P3S/c1-21(48)40(5)22(6-7-23-24-8-9-27(49)39(24,4)12-10-25(23)40)16-29(51)70-15-14-42-28(50)11-13-43-36(54)33(53)38(2,3)18-63-69(60,61)66-68(58,59)62-17-26-32(65-67(55,56)57)31(52)37(64-26)47-20-46-30-34(41)44-19-45-35(30)47/h19-20,22-26,31-33,37,52-53H,6-18H2,1-5H3,(H,42,50)(H,43,54)(H,58,59)(H,60,61)(H2,41,44,45)(H2,55,56,57)/p-4/t22?,23-,24-,25-,26+,31+,32+,33-,37+,39-,40-/m0/s1. The van der Waals surface area contributed by atoms with Crippen LogP contribution >= 0.6 is 35.2 Å². The van der Waals surface area contributed by atoms with Crippen molar-refractivity contribution in [2.45, 2.75) is 117 Å². The SMILES string of the molecule is CC(=O)[C@@]1(C)C(CC(=O)SCCNC(=O)CCNC(=O)[C@H](O)C(C)(C)COP(=O)([O-])OP(=O)([O-])OC[C@H]2O[C@@H](n3cnc4c(N)ncnc43)[C@H](O)[C@@H]2OP(=O)([O-])[O-])CC[C@@H]2[C@@H]1CC[C@]1(C)C(=O)CC[C@@H]21. The van der Waals surface area contributed by atoms with Crippen LogP contribution in [-0.2, 0) is 60.3 Å². The summed E-state index contributed by atoms with van der Waals surface area (Å²) in [6.07, 6.45) is -2.95. The van der Waals surface area contributed by atoms with E-state index in [4.69, 9.17) is 10.5 Å². The Morgan fingerprint density at radius 3 is 2.40 bits per heavy atom. The number of ketones is 2. The molecule has 6 rings (SSSR count). The Hall–Kier alpha value is -3.10. The van der Waals surface area contributed by atoms with Gasteiger partial charge < -0.3 is 69.0 Å². The Balaban J connectivity index is 0.897. The van der Waals surface area contributed by atoms with Gasteiger partial charge in [0.05, 0.1) is 27.4 Å². The van der Waals surface area contributed by atoms with Crippen LogP contribution in [0.25, 0.3) is 11.2 Å². The molecule has 0 aromatic carbocycles. The van der Waals surface area contributed by atoms with Crippen LogP contribution < -0.4 is 35.9 Å². The van der Waals surface area contributed by atoms with Gasteiger partial charge in [-0.25, -0.2) is 19.3 Å². The number of hydrogen-bond acceptors (Lipinski definition) is 24. The highest BCUT2D eigenvalue weighted by Crippen LogP contribution is 2.64. The van der Waals surface area contributed by atoms with E-state index in [0.29, 0.717) is 12.2 Å². The van der Waals surface area contributed by atoms with Crippen LogP contribution in [-0.4, -0.2) is 115 Å². The molecule has 4 fully saturated rings. The first-order valence-corrected chi connectivity index (χ1v) is 27.9. The summed E-state index contributed by atoms with van der Waals surface area (Å²) < 4.78 is 61.0. The van der Waals surface area contributed by atoms with Crippen molar-refractivity contribution in [3.8, 4) is 0 Å². The number of imidazole rings is 1. The molecule has 6 N–H and O–H groups in total. The molecule has 26 nitrogen and oxygen atoms in total. The average molecular weight is 1070 g/mol. The van der Waals surface area contributed by atoms with Crippen molar-refractivity contribution in [1.82, 2.24) is 30.2 Å². The summed E-state index contributed by atoms with van der Waals surface area (Å²) in [6, 6.07) is 0. The predicted molar refractivity (Wildman–Crippen MR) is 236 cm³/mol. The Bertz CT molecular complexity index is 2460. The number of carbonyl (C=O) groups is 5. The number of nitrogen functional groups attached to an aromatic ring is 1. The summed E-state index contributed by atoms with van der Waals surface area (Å²) in [4.78, 5) is 124. The van der Waals surface area contributed by atoms with Crippen LogP contribution in [0.1, 0.15) is 92.2 Å². The second-order valence-corrected chi connectivity index (χ2v) is 24.5. The maximum Gasteiger partial charge on any atom is 0.274 e. The highest BCUT2D eigenvalue weighted by Gasteiger charge is 2.61. The number of fused-ring (bicyclic) bond motifs is 4. The first kappa shape index (κ1) is 56.2. The molecule has 1 aliphatic heterocycles. The van der Waals surface area contributed by atoms with Gasteiger partial charge in [-0.2, -0.15) is 0 Å². The minimum atomic E-state index is -5.95. The normalized spacial score (nSPS) is 31.3. The number of thioether (sulfide) groups is 1. The van der Waals surface area contributed by atoms with Crippen LogP contribution in [0.3, 0.4) is 0 Å². The Morgan fingerprint density at radius 1 is 1.01 bits per heavy atom. The number of aromatic nitrogens is 4. The van der Waals surface area contributed by atoms with E-state index in [1.165, 1.54) is 13.8 Å². The molecule has 4 aliphatic rings. The van der Waals surface area contributed by atoms with Gasteiger partial charge in [-0.1, -0.05) is 39.5 Å². The highest BCUT2D eigenvalue weighted by molar-refractivity contribution is 8.13. The second-order valence-electron chi connectivity index (χ2n) is 19.3. The molecule has 13 atom stereocenters. The summed E-state index contributed by atoms with van der Waals surface area (Å²) in [7, 11) is -17.7. The maximum atomic E-state index is 13.2. The Labute approximate surface area is 406 Å². The molecule has 3 saturated carbocycles. The molecule has 3 unspecified atom stereocenters. The van der Waals surface area contributed by atoms with Gasteiger partial charge in [-0.15, -0.1) is 0 Å². The molecule has 70 heavy (non-hydrogen) atoms. The summed E-state index contributed by atoms with van der Waals surface area (Å²) >= 11 is 1.05. The van der Waals surface area contributed by atoms with E-state index in [2.05, 4.69) is 50.4 Å². The fourth-order valence-corrected chi connectivity index (χ4v) is 14.1. The molecule has 0 spiro atoms. The van der Waals surface area contributed by atoms with Crippen molar-refractivity contribution in [3.63, 3.8) is 0 Å². The number of hydrogen-bond donors (Lipinski definition) is 5. The molecular weight excluding hydrogens is 1010 g/mol. The average Bonchev–Trinajstić information content (AvgIpc) is 3.93. The third-order valence-corrected chi connectivity index (χ3v) is 18.4. The lowest BCUT2D eigenvalue weighted by atomic mass is 9.46. The summed E-state index contributed by atoms with van der Waals surface area (Å²) in [5, 5.41) is 26.4. The van der Waals surface area contributed by atoms with Crippen LogP contribution in [0, 0.1) is 39.9 Å². The number of aliphatic hydroxyl groups excluding tert-OH is 2. The zero-order chi connectivity index (χ0) is 51.8. The maximum absolute atomic E-state index is 13.2. The van der Waals surface area contributed by atoms with Gasteiger partial charge in [-0.05, 0) is 62.7 Å². The molecule has 3 aliphatic carbocycles. The Morgan fingerprint density at radius 2 is 1.71 bits per heavy atom. The first-order valence-electron chi connectivity index (χ1n) is 22.5. The molecular formula is C40H58N7O19P3S-4. The first-order chi connectivity index (χ1) is 32.5. The molecule has 2 amide bonds. The van der Waals surface area contributed by atoms with Crippen LogP contribution in [0.5, 0.6) is 0 Å². The summed E-state index contributed by atoms with van der Waals surface area (Å²) in [5.41, 5.74) is 3.04. The largest absolute Gasteiger partial charge is 0.790 e. The fraction of sp³-hybridized carbons (Fsp3) is 0.750. The number of anilines is 1. The predicted octanol–water partition coefficient (Wildman–Crippen LogP) is -0.456. The second kappa shape index (κ2) is 21.8. The zero-order valence-electron chi connectivity index (χ0n) is 39.0.